The van der Waals surface area contributed by atoms with Crippen LogP contribution >= 0.6 is 11.6 Å². The molecule has 1 amide bonds. The molecule has 1 aromatic heterocycles. The summed E-state index contributed by atoms with van der Waals surface area (Å²) in [5.41, 5.74) is 0. The number of halogens is 1. The Hall–Kier alpha value is -1.86. The minimum atomic E-state index is -3.71. The van der Waals surface area contributed by atoms with Crippen molar-refractivity contribution in [2.24, 2.45) is 0 Å². The predicted molar refractivity (Wildman–Crippen MR) is 91.9 cm³/mol. The summed E-state index contributed by atoms with van der Waals surface area (Å²) in [6, 6.07) is 7.72. The second-order valence-electron chi connectivity index (χ2n) is 5.86. The number of benzene rings is 1. The molecule has 0 spiro atoms. The third-order valence-electron chi connectivity index (χ3n) is 4.10. The lowest BCUT2D eigenvalue weighted by Gasteiger charge is -2.14. The molecule has 6 nitrogen and oxygen atoms in total. The van der Waals surface area contributed by atoms with Crippen LogP contribution in [0.25, 0.3) is 0 Å². The van der Waals surface area contributed by atoms with Crippen molar-refractivity contribution < 1.29 is 13.2 Å². The Morgan fingerprint density at radius 3 is 2.54 bits per heavy atom. The molecule has 0 bridgehead atoms. The van der Waals surface area contributed by atoms with Gasteiger partial charge in [-0.3, -0.25) is 4.79 Å². The highest BCUT2D eigenvalue weighted by molar-refractivity contribution is 7.92. The van der Waals surface area contributed by atoms with Crippen molar-refractivity contribution in [3.05, 3.63) is 41.6 Å². The van der Waals surface area contributed by atoms with Crippen molar-refractivity contribution in [3.8, 4) is 0 Å². The van der Waals surface area contributed by atoms with Gasteiger partial charge in [-0.05, 0) is 37.1 Å². The molecule has 1 aromatic carbocycles. The Kier molecular flexibility index (Phi) is 4.91. The lowest BCUT2D eigenvalue weighted by molar-refractivity contribution is -0.113. The SMILES string of the molecule is O=C(CS(=O)(=O)c1ccc(Cl)cc1)Nc1ccnn1C1CCCC1. The zero-order chi connectivity index (χ0) is 17.2. The molecule has 1 aliphatic rings. The van der Waals surface area contributed by atoms with E-state index in [0.717, 1.165) is 25.7 Å². The van der Waals surface area contributed by atoms with Crippen LogP contribution < -0.4 is 5.32 Å². The number of sulfone groups is 1. The Balaban J connectivity index is 1.69. The van der Waals surface area contributed by atoms with E-state index in [4.69, 9.17) is 11.6 Å². The van der Waals surface area contributed by atoms with Gasteiger partial charge in [0.05, 0.1) is 17.1 Å². The number of anilines is 1. The fourth-order valence-corrected chi connectivity index (χ4v) is 4.19. The van der Waals surface area contributed by atoms with Gasteiger partial charge in [-0.25, -0.2) is 13.1 Å². The summed E-state index contributed by atoms with van der Waals surface area (Å²) in [5, 5.41) is 7.36. The van der Waals surface area contributed by atoms with Gasteiger partial charge in [0.25, 0.3) is 0 Å². The van der Waals surface area contributed by atoms with E-state index in [1.54, 1.807) is 16.9 Å². The molecule has 1 fully saturated rings. The highest BCUT2D eigenvalue weighted by atomic mass is 35.5. The fourth-order valence-electron chi connectivity index (χ4n) is 2.93. The summed E-state index contributed by atoms with van der Waals surface area (Å²) in [4.78, 5) is 12.3. The molecule has 1 aliphatic carbocycles. The van der Waals surface area contributed by atoms with Gasteiger partial charge in [-0.1, -0.05) is 24.4 Å². The summed E-state index contributed by atoms with van der Waals surface area (Å²) < 4.78 is 26.4. The van der Waals surface area contributed by atoms with E-state index in [-0.39, 0.29) is 10.9 Å². The number of aromatic nitrogens is 2. The third-order valence-corrected chi connectivity index (χ3v) is 5.99. The molecule has 1 saturated carbocycles. The van der Waals surface area contributed by atoms with Gasteiger partial charge in [0.2, 0.25) is 5.91 Å². The third kappa shape index (κ3) is 3.79. The van der Waals surface area contributed by atoms with Gasteiger partial charge in [0, 0.05) is 11.1 Å². The molecule has 1 N–H and O–H groups in total. The molecular weight excluding hydrogens is 350 g/mol. The van der Waals surface area contributed by atoms with Gasteiger partial charge < -0.3 is 5.32 Å². The Morgan fingerprint density at radius 1 is 1.21 bits per heavy atom. The average Bonchev–Trinajstić information content (AvgIpc) is 3.17. The van der Waals surface area contributed by atoms with Crippen LogP contribution in [-0.4, -0.2) is 29.9 Å². The Labute approximate surface area is 145 Å². The highest BCUT2D eigenvalue weighted by Crippen LogP contribution is 2.31. The van der Waals surface area contributed by atoms with Crippen molar-refractivity contribution >= 4 is 33.2 Å². The Bertz CT molecular complexity index is 825. The minimum Gasteiger partial charge on any atom is -0.310 e. The summed E-state index contributed by atoms with van der Waals surface area (Å²) in [6.07, 6.45) is 5.94. The molecule has 3 rings (SSSR count). The molecule has 0 radical (unpaired) electrons. The number of nitrogens with zero attached hydrogens (tertiary/aromatic N) is 2. The summed E-state index contributed by atoms with van der Waals surface area (Å²) >= 11 is 5.76. The second-order valence-corrected chi connectivity index (χ2v) is 8.29. The van der Waals surface area contributed by atoms with Crippen molar-refractivity contribution in [2.45, 2.75) is 36.6 Å². The molecule has 0 aliphatic heterocycles. The number of amides is 1. The first kappa shape index (κ1) is 17.0. The zero-order valence-corrected chi connectivity index (χ0v) is 14.6. The van der Waals surface area contributed by atoms with Crippen LogP contribution in [0.4, 0.5) is 5.82 Å². The summed E-state index contributed by atoms with van der Waals surface area (Å²) in [7, 11) is -3.71. The van der Waals surface area contributed by atoms with Crippen molar-refractivity contribution in [1.29, 1.82) is 0 Å². The van der Waals surface area contributed by atoms with E-state index in [2.05, 4.69) is 10.4 Å². The first-order chi connectivity index (χ1) is 11.5. The maximum atomic E-state index is 12.3. The maximum Gasteiger partial charge on any atom is 0.241 e. The van der Waals surface area contributed by atoms with Crippen LogP contribution in [0.15, 0.2) is 41.4 Å². The summed E-state index contributed by atoms with van der Waals surface area (Å²) in [6.45, 7) is 0. The van der Waals surface area contributed by atoms with Gasteiger partial charge in [0.1, 0.15) is 11.6 Å². The van der Waals surface area contributed by atoms with Crippen LogP contribution in [0.1, 0.15) is 31.7 Å². The van der Waals surface area contributed by atoms with Crippen LogP contribution in [0.5, 0.6) is 0 Å². The summed E-state index contributed by atoms with van der Waals surface area (Å²) in [5.74, 6) is -0.660. The number of carbonyl (C=O) groups is 1. The molecule has 1 heterocycles. The van der Waals surface area contributed by atoms with E-state index < -0.39 is 21.5 Å². The van der Waals surface area contributed by atoms with Gasteiger partial charge in [-0.15, -0.1) is 0 Å². The van der Waals surface area contributed by atoms with Crippen LogP contribution in [0.3, 0.4) is 0 Å². The van der Waals surface area contributed by atoms with E-state index in [9.17, 15) is 13.2 Å². The van der Waals surface area contributed by atoms with E-state index in [1.165, 1.54) is 24.3 Å². The highest BCUT2D eigenvalue weighted by Gasteiger charge is 2.23. The molecule has 0 atom stereocenters. The monoisotopic (exact) mass is 367 g/mol. The molecule has 0 saturated heterocycles. The van der Waals surface area contributed by atoms with Crippen LogP contribution in [-0.2, 0) is 14.6 Å². The van der Waals surface area contributed by atoms with Crippen molar-refractivity contribution in [2.75, 3.05) is 11.1 Å². The van der Waals surface area contributed by atoms with Crippen LogP contribution in [0, 0.1) is 0 Å². The second kappa shape index (κ2) is 6.94. The quantitative estimate of drug-likeness (QED) is 0.880. The topological polar surface area (TPSA) is 81.1 Å². The number of rotatable bonds is 5. The number of hydrogen-bond acceptors (Lipinski definition) is 4. The molecule has 2 aromatic rings. The Morgan fingerprint density at radius 2 is 1.88 bits per heavy atom. The normalized spacial score (nSPS) is 15.5. The van der Waals surface area contributed by atoms with Gasteiger partial charge in [0.15, 0.2) is 9.84 Å². The molecule has 8 heteroatoms. The van der Waals surface area contributed by atoms with Crippen molar-refractivity contribution in [3.63, 3.8) is 0 Å². The van der Waals surface area contributed by atoms with E-state index in [1.807, 2.05) is 0 Å². The first-order valence-corrected chi connectivity index (χ1v) is 9.80. The number of carbonyl (C=O) groups excluding carboxylic acids is 1. The van der Waals surface area contributed by atoms with E-state index >= 15 is 0 Å². The predicted octanol–water partition coefficient (Wildman–Crippen LogP) is 3.06. The smallest absolute Gasteiger partial charge is 0.241 e. The average molecular weight is 368 g/mol. The lowest BCUT2D eigenvalue weighted by Crippen LogP contribution is -2.25. The standard InChI is InChI=1S/C16H18ClN3O3S/c17-12-5-7-14(8-6-12)24(22,23)11-16(21)19-15-9-10-18-20(15)13-3-1-2-4-13/h5-10,13H,1-4,11H2,(H,19,21). The number of nitrogens with one attached hydrogen (secondary N) is 1. The first-order valence-electron chi connectivity index (χ1n) is 7.77. The minimum absolute atomic E-state index is 0.0753. The van der Waals surface area contributed by atoms with E-state index in [0.29, 0.717) is 10.8 Å². The maximum absolute atomic E-state index is 12.3. The molecule has 128 valence electrons. The fraction of sp³-hybridized carbons (Fsp3) is 0.375. The molecule has 0 unspecified atom stereocenters. The molecular formula is C16H18ClN3O3S. The zero-order valence-electron chi connectivity index (χ0n) is 13.0. The van der Waals surface area contributed by atoms with Gasteiger partial charge >= 0.3 is 0 Å². The molecule has 24 heavy (non-hydrogen) atoms. The number of hydrogen-bond donors (Lipinski definition) is 1. The lowest BCUT2D eigenvalue weighted by atomic mass is 10.2. The van der Waals surface area contributed by atoms with Crippen molar-refractivity contribution in [1.82, 2.24) is 9.78 Å². The largest absolute Gasteiger partial charge is 0.310 e. The van der Waals surface area contributed by atoms with Gasteiger partial charge in [-0.2, -0.15) is 5.10 Å². The van der Waals surface area contributed by atoms with Crippen LogP contribution in [0.2, 0.25) is 5.02 Å².